The summed E-state index contributed by atoms with van der Waals surface area (Å²) >= 11 is 0. The lowest BCUT2D eigenvalue weighted by atomic mass is 9.81. The molecule has 0 spiro atoms. The van der Waals surface area contributed by atoms with Crippen molar-refractivity contribution in [2.45, 2.75) is 51.0 Å². The Labute approximate surface area is 62.0 Å². The summed E-state index contributed by atoms with van der Waals surface area (Å²) in [7, 11) is 0. The summed E-state index contributed by atoms with van der Waals surface area (Å²) in [5.74, 6) is 0. The highest BCUT2D eigenvalue weighted by atomic mass is 16.3. The van der Waals surface area contributed by atoms with Crippen molar-refractivity contribution in [3.63, 3.8) is 0 Å². The van der Waals surface area contributed by atoms with E-state index in [9.17, 15) is 4.91 Å². The Bertz CT molecular complexity index is 116. The molecule has 0 bridgehead atoms. The fourth-order valence-electron chi connectivity index (χ4n) is 1.72. The van der Waals surface area contributed by atoms with Crippen LogP contribution in [0.5, 0.6) is 0 Å². The Hall–Kier alpha value is -0.400. The summed E-state index contributed by atoms with van der Waals surface area (Å²) < 4.78 is 0. The van der Waals surface area contributed by atoms with E-state index >= 15 is 0 Å². The maximum atomic E-state index is 10.5. The van der Waals surface area contributed by atoms with Crippen molar-refractivity contribution in [2.24, 2.45) is 5.18 Å². The summed E-state index contributed by atoms with van der Waals surface area (Å²) in [5.41, 5.74) is -0.168. The average Bonchev–Trinajstić information content (AvgIpc) is 2.06. The van der Waals surface area contributed by atoms with E-state index in [2.05, 4.69) is 12.1 Å². The molecule has 0 aromatic rings. The average molecular weight is 141 g/mol. The van der Waals surface area contributed by atoms with Crippen LogP contribution in [0.1, 0.15) is 45.4 Å². The van der Waals surface area contributed by atoms with E-state index in [1.54, 1.807) is 0 Å². The minimum atomic E-state index is -0.168. The number of hydrogen-bond donors (Lipinski definition) is 0. The van der Waals surface area contributed by atoms with Gasteiger partial charge in [0.05, 0.1) is 0 Å². The van der Waals surface area contributed by atoms with Crippen molar-refractivity contribution >= 4 is 0 Å². The van der Waals surface area contributed by atoms with Gasteiger partial charge >= 0.3 is 0 Å². The zero-order chi connectivity index (χ0) is 7.45. The number of rotatable bonds is 2. The van der Waals surface area contributed by atoms with Crippen LogP contribution in [-0.2, 0) is 0 Å². The highest BCUT2D eigenvalue weighted by Crippen LogP contribution is 2.33. The quantitative estimate of drug-likeness (QED) is 0.544. The van der Waals surface area contributed by atoms with Gasteiger partial charge < -0.3 is 0 Å². The number of hydrogen-bond acceptors (Lipinski definition) is 2. The Balaban J connectivity index is 2.52. The third-order valence-corrected chi connectivity index (χ3v) is 2.64. The normalized spacial score (nSPS) is 24.1. The van der Waals surface area contributed by atoms with Crippen molar-refractivity contribution in [1.29, 1.82) is 0 Å². The second-order valence-electron chi connectivity index (χ2n) is 3.23. The number of nitrogens with zero attached hydrogens (tertiary/aromatic N) is 1. The molecule has 0 saturated heterocycles. The van der Waals surface area contributed by atoms with Gasteiger partial charge in [0.15, 0.2) is 0 Å². The first-order chi connectivity index (χ1) is 4.83. The predicted octanol–water partition coefficient (Wildman–Crippen LogP) is 2.87. The molecule has 10 heavy (non-hydrogen) atoms. The fraction of sp³-hybridized carbons (Fsp3) is 1.00. The molecule has 1 fully saturated rings. The second-order valence-corrected chi connectivity index (χ2v) is 3.23. The van der Waals surface area contributed by atoms with E-state index in [0.717, 1.165) is 19.3 Å². The van der Waals surface area contributed by atoms with E-state index in [4.69, 9.17) is 0 Å². The summed E-state index contributed by atoms with van der Waals surface area (Å²) in [5, 5.41) is 3.25. The van der Waals surface area contributed by atoms with Gasteiger partial charge in [-0.25, -0.2) is 0 Å². The molecule has 58 valence electrons. The summed E-state index contributed by atoms with van der Waals surface area (Å²) in [6, 6.07) is 0. The molecule has 0 heterocycles. The van der Waals surface area contributed by atoms with Crippen LogP contribution >= 0.6 is 0 Å². The molecule has 0 N–H and O–H groups in total. The highest BCUT2D eigenvalue weighted by Gasteiger charge is 2.30. The van der Waals surface area contributed by atoms with Gasteiger partial charge in [0.25, 0.3) is 0 Å². The molecule has 2 heteroatoms. The molecule has 0 aliphatic heterocycles. The van der Waals surface area contributed by atoms with E-state index in [1.165, 1.54) is 19.3 Å². The van der Waals surface area contributed by atoms with Gasteiger partial charge in [-0.3, -0.25) is 0 Å². The molecule has 0 atom stereocenters. The van der Waals surface area contributed by atoms with Crippen LogP contribution in [0.25, 0.3) is 0 Å². The zero-order valence-corrected chi connectivity index (χ0v) is 6.60. The molecule has 0 radical (unpaired) electrons. The first-order valence-electron chi connectivity index (χ1n) is 4.17. The van der Waals surface area contributed by atoms with Gasteiger partial charge in [0.2, 0.25) is 0 Å². The van der Waals surface area contributed by atoms with Gasteiger partial charge in [-0.2, -0.15) is 4.91 Å². The first kappa shape index (κ1) is 7.70. The molecule has 1 rings (SSSR count). The molecule has 0 unspecified atom stereocenters. The van der Waals surface area contributed by atoms with E-state index in [0.29, 0.717) is 0 Å². The second kappa shape index (κ2) is 3.13. The molecule has 0 amide bonds. The van der Waals surface area contributed by atoms with Crippen LogP contribution in [-0.4, -0.2) is 5.54 Å². The third-order valence-electron chi connectivity index (χ3n) is 2.64. The minimum absolute atomic E-state index is 0.168. The lowest BCUT2D eigenvalue weighted by Gasteiger charge is -2.28. The van der Waals surface area contributed by atoms with Gasteiger partial charge in [-0.15, -0.1) is 0 Å². The monoisotopic (exact) mass is 141 g/mol. The van der Waals surface area contributed by atoms with Crippen molar-refractivity contribution in [3.8, 4) is 0 Å². The summed E-state index contributed by atoms with van der Waals surface area (Å²) in [4.78, 5) is 10.5. The first-order valence-corrected chi connectivity index (χ1v) is 4.17. The molecule has 1 aliphatic rings. The maximum absolute atomic E-state index is 10.5. The van der Waals surface area contributed by atoms with Crippen molar-refractivity contribution in [1.82, 2.24) is 0 Å². The third kappa shape index (κ3) is 1.36. The molecule has 2 nitrogen and oxygen atoms in total. The van der Waals surface area contributed by atoms with Crippen LogP contribution in [0.4, 0.5) is 0 Å². The largest absolute Gasteiger partial charge is 0.150 e. The van der Waals surface area contributed by atoms with Gasteiger partial charge in [-0.05, 0) is 19.3 Å². The molecule has 1 aliphatic carbocycles. The minimum Gasteiger partial charge on any atom is -0.150 e. The van der Waals surface area contributed by atoms with Gasteiger partial charge in [-0.1, -0.05) is 31.4 Å². The van der Waals surface area contributed by atoms with Crippen molar-refractivity contribution in [3.05, 3.63) is 4.91 Å². The lowest BCUT2D eigenvalue weighted by Crippen LogP contribution is -2.27. The van der Waals surface area contributed by atoms with Crippen molar-refractivity contribution in [2.75, 3.05) is 0 Å². The zero-order valence-electron chi connectivity index (χ0n) is 6.60. The summed E-state index contributed by atoms with van der Waals surface area (Å²) in [6.45, 7) is 2.06. The Kier molecular flexibility index (Phi) is 2.41. The fourth-order valence-corrected chi connectivity index (χ4v) is 1.72. The predicted molar refractivity (Wildman–Crippen MR) is 41.9 cm³/mol. The highest BCUT2D eigenvalue weighted by molar-refractivity contribution is 4.88. The van der Waals surface area contributed by atoms with Crippen LogP contribution in [0.2, 0.25) is 0 Å². The van der Waals surface area contributed by atoms with Crippen LogP contribution in [0.15, 0.2) is 5.18 Å². The van der Waals surface area contributed by atoms with E-state index < -0.39 is 0 Å². The molecule has 0 aromatic heterocycles. The summed E-state index contributed by atoms with van der Waals surface area (Å²) in [6.07, 6.45) is 6.65. The Morgan fingerprint density at radius 1 is 1.30 bits per heavy atom. The smallest absolute Gasteiger partial charge is 0.102 e. The Morgan fingerprint density at radius 3 is 2.20 bits per heavy atom. The molecular weight excluding hydrogens is 126 g/mol. The molecule has 1 saturated carbocycles. The van der Waals surface area contributed by atoms with Crippen LogP contribution in [0.3, 0.4) is 0 Å². The van der Waals surface area contributed by atoms with Gasteiger partial charge in [0.1, 0.15) is 5.54 Å². The Morgan fingerprint density at radius 2 is 1.90 bits per heavy atom. The lowest BCUT2D eigenvalue weighted by molar-refractivity contribution is 0.287. The van der Waals surface area contributed by atoms with Crippen molar-refractivity contribution < 1.29 is 0 Å². The van der Waals surface area contributed by atoms with Crippen LogP contribution in [0, 0.1) is 4.91 Å². The maximum Gasteiger partial charge on any atom is 0.102 e. The van der Waals surface area contributed by atoms with E-state index in [-0.39, 0.29) is 5.54 Å². The van der Waals surface area contributed by atoms with Crippen LogP contribution < -0.4 is 0 Å². The van der Waals surface area contributed by atoms with Gasteiger partial charge in [0, 0.05) is 0 Å². The number of nitroso groups, excluding NO2 is 1. The SMILES string of the molecule is CCC1(N=O)CCCCC1. The van der Waals surface area contributed by atoms with E-state index in [1.807, 2.05) is 0 Å². The molecular formula is C8H15NO. The topological polar surface area (TPSA) is 29.4 Å². The standard InChI is InChI=1S/C8H15NO/c1-2-8(9-10)6-4-3-5-7-8/h2-7H2,1H3. The molecule has 0 aromatic carbocycles.